The highest BCUT2D eigenvalue weighted by molar-refractivity contribution is 7.91. The summed E-state index contributed by atoms with van der Waals surface area (Å²) in [6, 6.07) is 5.54. The van der Waals surface area contributed by atoms with Crippen LogP contribution in [-0.2, 0) is 21.4 Å². The van der Waals surface area contributed by atoms with Gasteiger partial charge in [-0.15, -0.1) is 11.3 Å². The first-order valence-corrected chi connectivity index (χ1v) is 10.3. The average molecular weight is 400 g/mol. The van der Waals surface area contributed by atoms with Gasteiger partial charge < -0.3 is 5.32 Å². The van der Waals surface area contributed by atoms with Crippen molar-refractivity contribution >= 4 is 27.3 Å². The summed E-state index contributed by atoms with van der Waals surface area (Å²) in [6.45, 7) is 1.95. The van der Waals surface area contributed by atoms with Gasteiger partial charge in [0, 0.05) is 29.6 Å². The van der Waals surface area contributed by atoms with Crippen LogP contribution in [0.15, 0.2) is 34.5 Å². The number of aryl methyl sites for hydroxylation is 1. The van der Waals surface area contributed by atoms with Crippen LogP contribution in [0.2, 0.25) is 0 Å². The van der Waals surface area contributed by atoms with Gasteiger partial charge >= 0.3 is 0 Å². The fourth-order valence-corrected chi connectivity index (χ4v) is 5.99. The molecule has 9 heteroatoms. The summed E-state index contributed by atoms with van der Waals surface area (Å²) >= 11 is 1.16. The molecule has 0 radical (unpaired) electrons. The van der Waals surface area contributed by atoms with Crippen molar-refractivity contribution in [2.45, 2.75) is 36.6 Å². The first kappa shape index (κ1) is 18.9. The lowest BCUT2D eigenvalue weighted by Gasteiger charge is -2.22. The minimum Gasteiger partial charge on any atom is -0.351 e. The number of amides is 1. The van der Waals surface area contributed by atoms with E-state index in [2.05, 4.69) is 5.32 Å². The third kappa shape index (κ3) is 3.79. The number of hydrogen-bond acceptors (Lipinski definition) is 4. The Bertz CT molecular complexity index is 928. The van der Waals surface area contributed by atoms with Crippen LogP contribution in [0.1, 0.15) is 23.3 Å². The van der Waals surface area contributed by atoms with E-state index in [1.54, 1.807) is 6.07 Å². The van der Waals surface area contributed by atoms with Gasteiger partial charge in [0.05, 0.1) is 0 Å². The molecule has 0 spiro atoms. The Balaban J connectivity index is 1.72. The summed E-state index contributed by atoms with van der Waals surface area (Å²) in [6.07, 6.45) is 0.980. The van der Waals surface area contributed by atoms with Crippen LogP contribution in [-0.4, -0.2) is 31.2 Å². The minimum atomic E-state index is -3.74. The molecule has 1 aromatic heterocycles. The number of carbonyl (C=O) groups excluding carboxylic acids is 1. The van der Waals surface area contributed by atoms with Gasteiger partial charge in [0.2, 0.25) is 5.91 Å². The molecular formula is C17H18F2N2O3S2. The van der Waals surface area contributed by atoms with Crippen molar-refractivity contribution in [1.29, 1.82) is 0 Å². The Morgan fingerprint density at radius 3 is 2.73 bits per heavy atom. The highest BCUT2D eigenvalue weighted by Gasteiger charge is 2.39. The highest BCUT2D eigenvalue weighted by atomic mass is 32.2. The van der Waals surface area contributed by atoms with E-state index in [0.717, 1.165) is 28.3 Å². The maximum Gasteiger partial charge on any atom is 0.253 e. The molecule has 1 aliphatic rings. The molecular weight excluding hydrogens is 382 g/mol. The third-order valence-corrected chi connectivity index (χ3v) is 7.63. The Morgan fingerprint density at radius 2 is 2.08 bits per heavy atom. The lowest BCUT2D eigenvalue weighted by Crippen LogP contribution is -2.45. The molecule has 1 fully saturated rings. The second-order valence-corrected chi connectivity index (χ2v) is 9.50. The molecule has 1 aliphatic heterocycles. The summed E-state index contributed by atoms with van der Waals surface area (Å²) in [5.74, 6) is -1.93. The van der Waals surface area contributed by atoms with E-state index in [-0.39, 0.29) is 22.9 Å². The number of sulfonamides is 1. The van der Waals surface area contributed by atoms with E-state index in [1.807, 2.05) is 6.92 Å². The van der Waals surface area contributed by atoms with Crippen LogP contribution in [0.4, 0.5) is 8.78 Å². The maximum atomic E-state index is 13.7. The molecule has 26 heavy (non-hydrogen) atoms. The molecule has 140 valence electrons. The number of nitrogens with one attached hydrogen (secondary N) is 1. The maximum absolute atomic E-state index is 13.7. The zero-order valence-corrected chi connectivity index (χ0v) is 15.7. The largest absolute Gasteiger partial charge is 0.351 e. The van der Waals surface area contributed by atoms with Crippen LogP contribution in [0.5, 0.6) is 0 Å². The fraction of sp³-hybridized carbons (Fsp3) is 0.353. The molecule has 2 aromatic rings. The van der Waals surface area contributed by atoms with Crippen LogP contribution in [0, 0.1) is 18.6 Å². The van der Waals surface area contributed by atoms with Gasteiger partial charge in [-0.3, -0.25) is 4.79 Å². The summed E-state index contributed by atoms with van der Waals surface area (Å²) in [4.78, 5) is 13.4. The second-order valence-electron chi connectivity index (χ2n) is 6.09. The van der Waals surface area contributed by atoms with E-state index in [9.17, 15) is 22.0 Å². The number of nitrogens with zero attached hydrogens (tertiary/aromatic N) is 1. The van der Waals surface area contributed by atoms with Crippen LogP contribution >= 0.6 is 11.3 Å². The quantitative estimate of drug-likeness (QED) is 0.839. The van der Waals surface area contributed by atoms with E-state index < -0.39 is 33.6 Å². The predicted molar refractivity (Wildman–Crippen MR) is 94.2 cm³/mol. The first-order chi connectivity index (χ1) is 12.3. The topological polar surface area (TPSA) is 66.5 Å². The summed E-state index contributed by atoms with van der Waals surface area (Å²) < 4.78 is 53.6. The zero-order valence-electron chi connectivity index (χ0n) is 14.0. The molecule has 0 saturated carbocycles. The van der Waals surface area contributed by atoms with E-state index >= 15 is 0 Å². The molecule has 1 atom stereocenters. The van der Waals surface area contributed by atoms with Gasteiger partial charge in [0.15, 0.2) is 0 Å². The van der Waals surface area contributed by atoms with E-state index in [1.165, 1.54) is 16.4 Å². The monoisotopic (exact) mass is 400 g/mol. The Morgan fingerprint density at radius 1 is 1.31 bits per heavy atom. The van der Waals surface area contributed by atoms with Crippen LogP contribution in [0.3, 0.4) is 0 Å². The van der Waals surface area contributed by atoms with Crippen LogP contribution in [0.25, 0.3) is 0 Å². The average Bonchev–Trinajstić information content (AvgIpc) is 3.23. The number of carbonyl (C=O) groups is 1. The Labute approximate surface area is 154 Å². The third-order valence-electron chi connectivity index (χ3n) is 4.25. The Kier molecular flexibility index (Phi) is 5.40. The number of rotatable bonds is 5. The van der Waals surface area contributed by atoms with Crippen molar-refractivity contribution in [2.24, 2.45) is 0 Å². The number of halogens is 2. The van der Waals surface area contributed by atoms with Gasteiger partial charge in [-0.2, -0.15) is 4.31 Å². The molecule has 3 rings (SSSR count). The number of hydrogen-bond donors (Lipinski definition) is 1. The number of benzene rings is 1. The smallest absolute Gasteiger partial charge is 0.253 e. The van der Waals surface area contributed by atoms with Crippen molar-refractivity contribution in [3.63, 3.8) is 0 Å². The predicted octanol–water partition coefficient (Wildman–Crippen LogP) is 2.80. The van der Waals surface area contributed by atoms with Gasteiger partial charge in [0.25, 0.3) is 10.0 Å². The molecule has 0 unspecified atom stereocenters. The SMILES string of the molecule is Cc1ccc(S(=O)(=O)N2CCC[C@@H]2C(=O)NCc2ccc(F)cc2F)s1. The molecule has 1 saturated heterocycles. The van der Waals surface area contributed by atoms with Gasteiger partial charge in [-0.25, -0.2) is 17.2 Å². The Hall–Kier alpha value is -1.84. The van der Waals surface area contributed by atoms with Crippen molar-refractivity contribution in [2.75, 3.05) is 6.54 Å². The molecule has 1 aromatic carbocycles. The first-order valence-electron chi connectivity index (χ1n) is 8.09. The molecule has 1 amide bonds. The lowest BCUT2D eigenvalue weighted by molar-refractivity contribution is -0.124. The van der Waals surface area contributed by atoms with Crippen molar-refractivity contribution < 1.29 is 22.0 Å². The standard InChI is InChI=1S/C17H18F2N2O3S2/c1-11-4-7-16(25-11)26(23,24)21-8-2-3-15(21)17(22)20-10-12-5-6-13(18)9-14(12)19/h4-7,9,15H,2-3,8,10H2,1H3,(H,20,22)/t15-/m1/s1. The van der Waals surface area contributed by atoms with Gasteiger partial charge in [-0.05, 0) is 38.0 Å². The van der Waals surface area contributed by atoms with E-state index in [4.69, 9.17) is 0 Å². The zero-order chi connectivity index (χ0) is 18.9. The lowest BCUT2D eigenvalue weighted by atomic mass is 10.2. The molecule has 2 heterocycles. The van der Waals surface area contributed by atoms with Crippen molar-refractivity contribution in [3.8, 4) is 0 Å². The second kappa shape index (κ2) is 7.42. The molecule has 0 aliphatic carbocycles. The van der Waals surface area contributed by atoms with Gasteiger partial charge in [0.1, 0.15) is 21.9 Å². The summed E-state index contributed by atoms with van der Waals surface area (Å²) in [7, 11) is -3.74. The normalized spacial score (nSPS) is 18.2. The fourth-order valence-electron chi connectivity index (χ4n) is 2.92. The van der Waals surface area contributed by atoms with Gasteiger partial charge in [-0.1, -0.05) is 6.07 Å². The van der Waals surface area contributed by atoms with Crippen molar-refractivity contribution in [1.82, 2.24) is 9.62 Å². The summed E-state index contributed by atoms with van der Waals surface area (Å²) in [5.41, 5.74) is 0.140. The molecule has 1 N–H and O–H groups in total. The number of thiophene rings is 1. The van der Waals surface area contributed by atoms with Crippen molar-refractivity contribution in [3.05, 3.63) is 52.4 Å². The minimum absolute atomic E-state index is 0.132. The molecule has 0 bridgehead atoms. The molecule has 5 nitrogen and oxygen atoms in total. The summed E-state index contributed by atoms with van der Waals surface area (Å²) in [5, 5.41) is 2.56. The van der Waals surface area contributed by atoms with Crippen LogP contribution < -0.4 is 5.32 Å². The van der Waals surface area contributed by atoms with E-state index in [0.29, 0.717) is 12.8 Å². The highest BCUT2D eigenvalue weighted by Crippen LogP contribution is 2.30.